The number of rotatable bonds is 8. The van der Waals surface area contributed by atoms with Gasteiger partial charge in [0.1, 0.15) is 5.82 Å². The summed E-state index contributed by atoms with van der Waals surface area (Å²) in [4.78, 5) is 13.4. The largest absolute Gasteiger partial charge is 0.352 e. The molecule has 182 valence electrons. The number of fused-ring (bicyclic) bond motifs is 1. The third kappa shape index (κ3) is 5.76. The molecule has 0 saturated heterocycles. The average Bonchev–Trinajstić information content (AvgIpc) is 2.85. The van der Waals surface area contributed by atoms with E-state index in [2.05, 4.69) is 16.6 Å². The number of allylic oxidation sites excluding steroid dienone is 1. The Bertz CT molecular complexity index is 1110. The maximum Gasteiger partial charge on any atom is 0.240 e. The van der Waals surface area contributed by atoms with E-state index < -0.39 is 10.0 Å². The van der Waals surface area contributed by atoms with Gasteiger partial charge in [0.15, 0.2) is 0 Å². The Morgan fingerprint density at radius 2 is 1.79 bits per heavy atom. The van der Waals surface area contributed by atoms with Gasteiger partial charge < -0.3 is 5.32 Å². The van der Waals surface area contributed by atoms with Crippen molar-refractivity contribution in [3.05, 3.63) is 78.1 Å². The molecule has 0 radical (unpaired) electrons. The lowest BCUT2D eigenvalue weighted by Gasteiger charge is -2.36. The molecule has 4 rings (SSSR count). The number of hydrogen-bond acceptors (Lipinski definition) is 3. The maximum atomic E-state index is 13.7. The average molecular weight is 485 g/mol. The molecule has 0 spiro atoms. The van der Waals surface area contributed by atoms with Gasteiger partial charge in [-0.05, 0) is 86.3 Å². The van der Waals surface area contributed by atoms with E-state index in [1.54, 1.807) is 36.4 Å². The molecule has 2 aromatic carbocycles. The minimum Gasteiger partial charge on any atom is -0.352 e. The van der Waals surface area contributed by atoms with Crippen LogP contribution in [-0.4, -0.2) is 26.9 Å². The van der Waals surface area contributed by atoms with Crippen molar-refractivity contribution in [3.8, 4) is 0 Å². The standard InChI is InChI=1S/C27H33FN2O3S/c1-2-6-25-24-15-14-22(28)17-21(24)13-16-26(25)30-27(31)20-11-9-19(10-12-20)18-29-34(32,33)23-7-4-3-5-8-23/h2-5,7-8,14-15,17,19-20,25-26,29H,1,6,9-13,16,18H2,(H,30,31)/t19?,20?,25-,26+/m0/s1. The number of carbonyl (C=O) groups is 1. The molecule has 0 aromatic heterocycles. The van der Waals surface area contributed by atoms with Gasteiger partial charge in [-0.2, -0.15) is 0 Å². The number of nitrogens with one attached hydrogen (secondary N) is 2. The zero-order valence-corrected chi connectivity index (χ0v) is 20.2. The van der Waals surface area contributed by atoms with Gasteiger partial charge in [-0.3, -0.25) is 4.79 Å². The van der Waals surface area contributed by atoms with E-state index in [4.69, 9.17) is 0 Å². The highest BCUT2D eigenvalue weighted by atomic mass is 32.2. The van der Waals surface area contributed by atoms with Gasteiger partial charge in [0.25, 0.3) is 0 Å². The van der Waals surface area contributed by atoms with Gasteiger partial charge in [-0.15, -0.1) is 6.58 Å². The van der Waals surface area contributed by atoms with E-state index in [0.717, 1.165) is 56.1 Å². The van der Waals surface area contributed by atoms with Crippen molar-refractivity contribution in [1.82, 2.24) is 10.0 Å². The summed E-state index contributed by atoms with van der Waals surface area (Å²) in [6, 6.07) is 13.3. The van der Waals surface area contributed by atoms with E-state index in [1.165, 1.54) is 6.07 Å². The predicted octanol–water partition coefficient (Wildman–Crippen LogP) is 4.70. The van der Waals surface area contributed by atoms with E-state index in [9.17, 15) is 17.6 Å². The summed E-state index contributed by atoms with van der Waals surface area (Å²) < 4.78 is 41.3. The van der Waals surface area contributed by atoms with Crippen LogP contribution in [0, 0.1) is 17.7 Å². The molecule has 2 atom stereocenters. The van der Waals surface area contributed by atoms with Crippen LogP contribution < -0.4 is 10.0 Å². The lowest BCUT2D eigenvalue weighted by molar-refractivity contribution is -0.127. The van der Waals surface area contributed by atoms with Crippen molar-refractivity contribution in [2.75, 3.05) is 6.54 Å². The Labute approximate surface area is 201 Å². The van der Waals surface area contributed by atoms with Crippen LogP contribution in [0.3, 0.4) is 0 Å². The number of aryl methyl sites for hydroxylation is 1. The highest BCUT2D eigenvalue weighted by molar-refractivity contribution is 7.89. The Morgan fingerprint density at radius 1 is 1.06 bits per heavy atom. The second kappa shape index (κ2) is 10.8. The first-order chi connectivity index (χ1) is 16.4. The molecule has 2 N–H and O–H groups in total. The summed E-state index contributed by atoms with van der Waals surface area (Å²) in [6.07, 6.45) is 7.28. The molecule has 7 heteroatoms. The quantitative estimate of drug-likeness (QED) is 0.533. The number of sulfonamides is 1. The van der Waals surface area contributed by atoms with E-state index >= 15 is 0 Å². The monoisotopic (exact) mass is 484 g/mol. The fourth-order valence-electron chi connectivity index (χ4n) is 5.36. The third-order valence-corrected chi connectivity index (χ3v) is 8.74. The summed E-state index contributed by atoms with van der Waals surface area (Å²) in [6.45, 7) is 4.27. The number of carbonyl (C=O) groups excluding carboxylic acids is 1. The van der Waals surface area contributed by atoms with E-state index in [1.807, 2.05) is 12.1 Å². The van der Waals surface area contributed by atoms with Gasteiger partial charge in [0, 0.05) is 24.4 Å². The van der Waals surface area contributed by atoms with Gasteiger partial charge in [0.05, 0.1) is 4.90 Å². The topological polar surface area (TPSA) is 75.3 Å². The van der Waals surface area contributed by atoms with E-state index in [0.29, 0.717) is 6.54 Å². The number of benzene rings is 2. The second-order valence-electron chi connectivity index (χ2n) is 9.51. The lowest BCUT2D eigenvalue weighted by atomic mass is 9.76. The second-order valence-corrected chi connectivity index (χ2v) is 11.3. The minimum atomic E-state index is -3.51. The zero-order valence-electron chi connectivity index (χ0n) is 19.4. The first-order valence-electron chi connectivity index (χ1n) is 12.1. The van der Waals surface area contributed by atoms with Gasteiger partial charge in [-0.1, -0.05) is 30.3 Å². The molecule has 0 aliphatic heterocycles. The van der Waals surface area contributed by atoms with Crippen LogP contribution in [0.5, 0.6) is 0 Å². The molecule has 2 aliphatic carbocycles. The molecule has 0 bridgehead atoms. The van der Waals surface area contributed by atoms with Crippen LogP contribution in [0.2, 0.25) is 0 Å². The summed E-state index contributed by atoms with van der Waals surface area (Å²) in [5.74, 6) is 0.136. The van der Waals surface area contributed by atoms with Crippen molar-refractivity contribution in [1.29, 1.82) is 0 Å². The zero-order chi connectivity index (χ0) is 24.1. The number of halogens is 1. The van der Waals surface area contributed by atoms with Crippen LogP contribution in [0.4, 0.5) is 4.39 Å². The summed E-state index contributed by atoms with van der Waals surface area (Å²) >= 11 is 0. The van der Waals surface area contributed by atoms with Crippen LogP contribution >= 0.6 is 0 Å². The Balaban J connectivity index is 1.29. The van der Waals surface area contributed by atoms with Crippen molar-refractivity contribution >= 4 is 15.9 Å². The van der Waals surface area contributed by atoms with Crippen molar-refractivity contribution in [3.63, 3.8) is 0 Å². The highest BCUT2D eigenvalue weighted by Gasteiger charge is 2.33. The molecule has 0 heterocycles. The van der Waals surface area contributed by atoms with Gasteiger partial charge in [-0.25, -0.2) is 17.5 Å². The van der Waals surface area contributed by atoms with Crippen LogP contribution in [0.15, 0.2) is 66.1 Å². The first-order valence-corrected chi connectivity index (χ1v) is 13.6. The van der Waals surface area contributed by atoms with Crippen molar-refractivity contribution < 1.29 is 17.6 Å². The first kappa shape index (κ1) is 24.6. The third-order valence-electron chi connectivity index (χ3n) is 7.30. The molecular formula is C27H33FN2O3S. The van der Waals surface area contributed by atoms with Crippen molar-refractivity contribution in [2.24, 2.45) is 11.8 Å². The number of amides is 1. The fraction of sp³-hybridized carbons (Fsp3) is 0.444. The normalized spacial score (nSPS) is 24.7. The molecule has 1 fully saturated rings. The maximum absolute atomic E-state index is 13.7. The molecule has 1 saturated carbocycles. The summed E-state index contributed by atoms with van der Waals surface area (Å²) in [7, 11) is -3.51. The smallest absolute Gasteiger partial charge is 0.240 e. The molecule has 34 heavy (non-hydrogen) atoms. The molecule has 0 unspecified atom stereocenters. The molecule has 2 aromatic rings. The molecular weight excluding hydrogens is 451 g/mol. The molecule has 2 aliphatic rings. The Kier molecular flexibility index (Phi) is 7.84. The summed E-state index contributed by atoms with van der Waals surface area (Å²) in [5, 5.41) is 3.28. The van der Waals surface area contributed by atoms with Crippen LogP contribution in [0.25, 0.3) is 0 Å². The van der Waals surface area contributed by atoms with Gasteiger partial charge >= 0.3 is 0 Å². The van der Waals surface area contributed by atoms with E-state index in [-0.39, 0.29) is 40.4 Å². The highest BCUT2D eigenvalue weighted by Crippen LogP contribution is 2.36. The lowest BCUT2D eigenvalue weighted by Crippen LogP contribution is -2.45. The van der Waals surface area contributed by atoms with Crippen LogP contribution in [0.1, 0.15) is 55.6 Å². The fourth-order valence-corrected chi connectivity index (χ4v) is 6.50. The Morgan fingerprint density at radius 3 is 2.50 bits per heavy atom. The summed E-state index contributed by atoms with van der Waals surface area (Å²) in [5.41, 5.74) is 2.13. The molecule has 1 amide bonds. The van der Waals surface area contributed by atoms with Crippen LogP contribution in [-0.2, 0) is 21.2 Å². The van der Waals surface area contributed by atoms with Gasteiger partial charge in [0.2, 0.25) is 15.9 Å². The minimum absolute atomic E-state index is 0.0128. The SMILES string of the molecule is C=CC[C@H]1c2ccc(F)cc2CC[C@H]1NC(=O)C1CCC(CNS(=O)(=O)c2ccccc2)CC1. The predicted molar refractivity (Wildman–Crippen MR) is 131 cm³/mol. The Hall–Kier alpha value is -2.51. The van der Waals surface area contributed by atoms with Crippen molar-refractivity contribution in [2.45, 2.75) is 61.8 Å². The number of hydrogen-bond donors (Lipinski definition) is 2. The molecule has 5 nitrogen and oxygen atoms in total.